The first-order chi connectivity index (χ1) is 14.4. The van der Waals surface area contributed by atoms with Crippen LogP contribution in [-0.4, -0.2) is 46.8 Å². The fourth-order valence-electron chi connectivity index (χ4n) is 3.91. The lowest BCUT2D eigenvalue weighted by Crippen LogP contribution is -2.37. The standard InChI is InChI=1S/C23H31N3O4/c1-6-30-23(28)19-12-18(19)13-26(14-20-15(2)24-25(4)16(20)3)22(27)21(29-5)17-10-8-7-9-11-17/h7-11,18-19,21H,6,12-14H2,1-5H3/t18-,19-,21+/m0/s1. The molecule has 0 aliphatic heterocycles. The summed E-state index contributed by atoms with van der Waals surface area (Å²) in [6.45, 7) is 7.06. The molecule has 1 amide bonds. The summed E-state index contributed by atoms with van der Waals surface area (Å²) in [5.41, 5.74) is 3.77. The number of rotatable bonds is 9. The monoisotopic (exact) mass is 413 g/mol. The van der Waals surface area contributed by atoms with Crippen LogP contribution in [0.15, 0.2) is 30.3 Å². The highest BCUT2D eigenvalue weighted by Gasteiger charge is 2.46. The lowest BCUT2D eigenvalue weighted by Gasteiger charge is -2.27. The van der Waals surface area contributed by atoms with Gasteiger partial charge in [-0.15, -0.1) is 0 Å². The van der Waals surface area contributed by atoms with E-state index >= 15 is 0 Å². The zero-order valence-corrected chi connectivity index (χ0v) is 18.4. The van der Waals surface area contributed by atoms with Gasteiger partial charge >= 0.3 is 5.97 Å². The molecule has 1 aromatic carbocycles. The highest BCUT2D eigenvalue weighted by Crippen LogP contribution is 2.41. The Kier molecular flexibility index (Phi) is 6.92. The van der Waals surface area contributed by atoms with Crippen LogP contribution >= 0.6 is 0 Å². The van der Waals surface area contributed by atoms with Gasteiger partial charge < -0.3 is 14.4 Å². The second-order valence-electron chi connectivity index (χ2n) is 7.87. The summed E-state index contributed by atoms with van der Waals surface area (Å²) < 4.78 is 12.6. The topological polar surface area (TPSA) is 73.7 Å². The summed E-state index contributed by atoms with van der Waals surface area (Å²) in [6, 6.07) is 9.49. The fourth-order valence-corrected chi connectivity index (χ4v) is 3.91. The minimum atomic E-state index is -0.691. The Balaban J connectivity index is 1.83. The molecule has 0 radical (unpaired) electrons. The van der Waals surface area contributed by atoms with Crippen LogP contribution in [-0.2, 0) is 32.7 Å². The number of ether oxygens (including phenoxy) is 2. The molecule has 1 fully saturated rings. The van der Waals surface area contributed by atoms with Crippen LogP contribution in [0.5, 0.6) is 0 Å². The number of nitrogens with zero attached hydrogens (tertiary/aromatic N) is 3. The van der Waals surface area contributed by atoms with Crippen LogP contribution in [0.2, 0.25) is 0 Å². The molecule has 162 valence electrons. The van der Waals surface area contributed by atoms with Crippen molar-refractivity contribution >= 4 is 11.9 Å². The molecule has 0 unspecified atom stereocenters. The summed E-state index contributed by atoms with van der Waals surface area (Å²) >= 11 is 0. The molecular formula is C23H31N3O4. The summed E-state index contributed by atoms with van der Waals surface area (Å²) in [5, 5.41) is 4.48. The molecule has 3 rings (SSSR count). The van der Waals surface area contributed by atoms with Crippen LogP contribution in [0.4, 0.5) is 0 Å². The van der Waals surface area contributed by atoms with E-state index in [1.165, 1.54) is 0 Å². The zero-order valence-electron chi connectivity index (χ0n) is 18.4. The number of methoxy groups -OCH3 is 1. The maximum Gasteiger partial charge on any atom is 0.309 e. The lowest BCUT2D eigenvalue weighted by atomic mass is 10.1. The van der Waals surface area contributed by atoms with Gasteiger partial charge in [0.25, 0.3) is 5.91 Å². The molecule has 2 aromatic rings. The van der Waals surface area contributed by atoms with Crippen molar-refractivity contribution in [3.8, 4) is 0 Å². The summed E-state index contributed by atoms with van der Waals surface area (Å²) in [5.74, 6) is -0.302. The van der Waals surface area contributed by atoms with E-state index in [1.54, 1.807) is 7.11 Å². The molecule has 1 aliphatic rings. The van der Waals surface area contributed by atoms with Gasteiger partial charge in [0, 0.05) is 38.5 Å². The molecule has 1 heterocycles. The Morgan fingerprint density at radius 2 is 1.97 bits per heavy atom. The first kappa shape index (κ1) is 22.0. The number of carbonyl (C=O) groups is 2. The Labute approximate surface area is 178 Å². The quantitative estimate of drug-likeness (QED) is 0.591. The normalized spacial score (nSPS) is 18.7. The molecule has 30 heavy (non-hydrogen) atoms. The fraction of sp³-hybridized carbons (Fsp3) is 0.522. The predicted octanol–water partition coefficient (Wildman–Crippen LogP) is 2.95. The zero-order chi connectivity index (χ0) is 21.8. The second kappa shape index (κ2) is 9.43. The number of benzene rings is 1. The van der Waals surface area contributed by atoms with Crippen molar-refractivity contribution in [3.63, 3.8) is 0 Å². The Bertz CT molecular complexity index is 893. The molecule has 1 saturated carbocycles. The Morgan fingerprint density at radius 1 is 1.27 bits per heavy atom. The van der Waals surface area contributed by atoms with E-state index in [4.69, 9.17) is 9.47 Å². The van der Waals surface area contributed by atoms with Crippen LogP contribution in [0, 0.1) is 25.7 Å². The van der Waals surface area contributed by atoms with Gasteiger partial charge in [0.2, 0.25) is 0 Å². The lowest BCUT2D eigenvalue weighted by molar-refractivity contribution is -0.147. The third-order valence-corrected chi connectivity index (χ3v) is 5.85. The molecule has 7 nitrogen and oxygen atoms in total. The van der Waals surface area contributed by atoms with E-state index in [-0.39, 0.29) is 23.7 Å². The van der Waals surface area contributed by atoms with E-state index in [0.717, 1.165) is 28.9 Å². The van der Waals surface area contributed by atoms with Gasteiger partial charge in [-0.2, -0.15) is 5.10 Å². The van der Waals surface area contributed by atoms with E-state index < -0.39 is 6.10 Å². The number of hydrogen-bond donors (Lipinski definition) is 0. The van der Waals surface area contributed by atoms with Gasteiger partial charge in [-0.1, -0.05) is 30.3 Å². The van der Waals surface area contributed by atoms with Crippen LogP contribution in [0.3, 0.4) is 0 Å². The highest BCUT2D eigenvalue weighted by atomic mass is 16.5. The van der Waals surface area contributed by atoms with Crippen molar-refractivity contribution in [1.82, 2.24) is 14.7 Å². The van der Waals surface area contributed by atoms with Crippen molar-refractivity contribution in [3.05, 3.63) is 52.8 Å². The Hall–Kier alpha value is -2.67. The first-order valence-corrected chi connectivity index (χ1v) is 10.4. The minimum Gasteiger partial charge on any atom is -0.466 e. The van der Waals surface area contributed by atoms with E-state index in [9.17, 15) is 9.59 Å². The molecule has 0 bridgehead atoms. The van der Waals surface area contributed by atoms with Gasteiger partial charge in [0.05, 0.1) is 18.2 Å². The molecule has 0 saturated heterocycles. The number of esters is 1. The summed E-state index contributed by atoms with van der Waals surface area (Å²) in [4.78, 5) is 27.4. The SMILES string of the molecule is CCOC(=O)[C@H]1C[C@H]1CN(Cc1c(C)nn(C)c1C)C(=O)[C@H](OC)c1ccccc1. The van der Waals surface area contributed by atoms with Crippen LogP contribution in [0.1, 0.15) is 42.0 Å². The number of aromatic nitrogens is 2. The molecule has 1 aliphatic carbocycles. The molecule has 7 heteroatoms. The number of aryl methyl sites for hydroxylation is 2. The maximum absolute atomic E-state index is 13.5. The van der Waals surface area contributed by atoms with Gasteiger partial charge in [-0.05, 0) is 38.7 Å². The van der Waals surface area contributed by atoms with Gasteiger partial charge in [-0.3, -0.25) is 14.3 Å². The average molecular weight is 414 g/mol. The summed E-state index contributed by atoms with van der Waals surface area (Å²) in [6.07, 6.45) is 0.0552. The van der Waals surface area contributed by atoms with Gasteiger partial charge in [-0.25, -0.2) is 0 Å². The number of carbonyl (C=O) groups excluding carboxylic acids is 2. The molecule has 0 N–H and O–H groups in total. The van der Waals surface area contributed by atoms with Crippen molar-refractivity contribution < 1.29 is 19.1 Å². The van der Waals surface area contributed by atoms with Crippen molar-refractivity contribution in [2.24, 2.45) is 18.9 Å². The molecular weight excluding hydrogens is 382 g/mol. The molecule has 0 spiro atoms. The van der Waals surface area contributed by atoms with Crippen molar-refractivity contribution in [1.29, 1.82) is 0 Å². The second-order valence-corrected chi connectivity index (χ2v) is 7.87. The first-order valence-electron chi connectivity index (χ1n) is 10.4. The smallest absolute Gasteiger partial charge is 0.309 e. The highest BCUT2D eigenvalue weighted by molar-refractivity contribution is 5.83. The maximum atomic E-state index is 13.5. The van der Waals surface area contributed by atoms with E-state index in [0.29, 0.717) is 19.7 Å². The molecule has 1 aromatic heterocycles. The molecule has 3 atom stereocenters. The van der Waals surface area contributed by atoms with Crippen molar-refractivity contribution in [2.75, 3.05) is 20.3 Å². The van der Waals surface area contributed by atoms with E-state index in [2.05, 4.69) is 5.10 Å². The largest absolute Gasteiger partial charge is 0.466 e. The third kappa shape index (κ3) is 4.73. The van der Waals surface area contributed by atoms with E-state index in [1.807, 2.05) is 67.7 Å². The van der Waals surface area contributed by atoms with Crippen LogP contribution < -0.4 is 0 Å². The third-order valence-electron chi connectivity index (χ3n) is 5.85. The van der Waals surface area contributed by atoms with Gasteiger partial charge in [0.1, 0.15) is 0 Å². The van der Waals surface area contributed by atoms with Gasteiger partial charge in [0.15, 0.2) is 6.10 Å². The predicted molar refractivity (Wildman–Crippen MR) is 113 cm³/mol. The minimum absolute atomic E-state index is 0.110. The summed E-state index contributed by atoms with van der Waals surface area (Å²) in [7, 11) is 3.45. The number of hydrogen-bond acceptors (Lipinski definition) is 5. The number of amides is 1. The van der Waals surface area contributed by atoms with Crippen molar-refractivity contribution in [2.45, 2.75) is 39.8 Å². The van der Waals surface area contributed by atoms with Crippen LogP contribution in [0.25, 0.3) is 0 Å². The Morgan fingerprint density at radius 3 is 2.53 bits per heavy atom. The average Bonchev–Trinajstić information content (AvgIpc) is 3.46.